The number of pyridine rings is 1. The molecule has 0 aliphatic heterocycles. The van der Waals surface area contributed by atoms with Crippen molar-refractivity contribution in [2.24, 2.45) is 0 Å². The highest BCUT2D eigenvalue weighted by Crippen LogP contribution is 2.22. The highest BCUT2D eigenvalue weighted by Gasteiger charge is 2.26. The van der Waals surface area contributed by atoms with Crippen molar-refractivity contribution in [3.63, 3.8) is 0 Å². The topological polar surface area (TPSA) is 62.3 Å². The first-order valence-electron chi connectivity index (χ1n) is 7.20. The van der Waals surface area contributed by atoms with Crippen LogP contribution in [0.4, 0.5) is 5.82 Å². The number of nitrogens with zero attached hydrogens (tertiary/aromatic N) is 2. The van der Waals surface area contributed by atoms with Crippen molar-refractivity contribution in [3.05, 3.63) is 18.3 Å². The lowest BCUT2D eigenvalue weighted by Crippen LogP contribution is -2.33. The van der Waals surface area contributed by atoms with Gasteiger partial charge in [-0.2, -0.15) is 4.31 Å². The number of anilines is 1. The van der Waals surface area contributed by atoms with Gasteiger partial charge >= 0.3 is 0 Å². The molecule has 0 saturated heterocycles. The highest BCUT2D eigenvalue weighted by atomic mass is 32.2. The van der Waals surface area contributed by atoms with Crippen LogP contribution in [0.5, 0.6) is 0 Å². The molecule has 1 N–H and O–H groups in total. The van der Waals surface area contributed by atoms with Gasteiger partial charge in [-0.15, -0.1) is 0 Å². The molecule has 114 valence electrons. The second-order valence-corrected chi connectivity index (χ2v) is 6.62. The summed E-state index contributed by atoms with van der Waals surface area (Å²) in [4.78, 5) is 4.35. The van der Waals surface area contributed by atoms with Gasteiger partial charge in [0, 0.05) is 26.3 Å². The summed E-state index contributed by atoms with van der Waals surface area (Å²) in [6.07, 6.45) is 5.29. The fourth-order valence-electron chi connectivity index (χ4n) is 1.95. The molecule has 0 aromatic carbocycles. The van der Waals surface area contributed by atoms with Crippen molar-refractivity contribution in [1.29, 1.82) is 0 Å². The molecule has 1 rings (SSSR count). The number of rotatable bonds is 9. The van der Waals surface area contributed by atoms with Gasteiger partial charge in [-0.05, 0) is 25.0 Å². The monoisotopic (exact) mass is 299 g/mol. The van der Waals surface area contributed by atoms with Crippen molar-refractivity contribution in [1.82, 2.24) is 9.29 Å². The third-order valence-corrected chi connectivity index (χ3v) is 5.08. The number of unbranched alkanes of at least 4 members (excludes halogenated alkanes) is 2. The molecule has 0 aliphatic rings. The average Bonchev–Trinajstić information content (AvgIpc) is 2.47. The normalized spacial score (nSPS) is 11.8. The van der Waals surface area contributed by atoms with Crippen molar-refractivity contribution < 1.29 is 8.42 Å². The summed E-state index contributed by atoms with van der Waals surface area (Å²) in [5.41, 5.74) is 0. The van der Waals surface area contributed by atoms with E-state index in [1.807, 2.05) is 0 Å². The van der Waals surface area contributed by atoms with E-state index in [-0.39, 0.29) is 4.90 Å². The largest absolute Gasteiger partial charge is 0.372 e. The number of hydrogen-bond donors (Lipinski definition) is 1. The van der Waals surface area contributed by atoms with Crippen LogP contribution in [0.25, 0.3) is 0 Å². The van der Waals surface area contributed by atoms with Crippen LogP contribution in [0.2, 0.25) is 0 Å². The number of sulfonamides is 1. The molecule has 1 aromatic rings. The molecule has 0 amide bonds. The molecular formula is C14H25N3O2S. The Morgan fingerprint density at radius 3 is 2.30 bits per heavy atom. The van der Waals surface area contributed by atoms with E-state index in [1.54, 1.807) is 29.7 Å². The molecule has 0 radical (unpaired) electrons. The van der Waals surface area contributed by atoms with Crippen molar-refractivity contribution >= 4 is 15.8 Å². The average molecular weight is 299 g/mol. The first kappa shape index (κ1) is 16.9. The summed E-state index contributed by atoms with van der Waals surface area (Å²) in [6.45, 7) is 5.26. The SMILES string of the molecule is CCCCN(CCCC)S(=O)(=O)c1cccnc1NC. The van der Waals surface area contributed by atoms with Gasteiger partial charge in [0.25, 0.3) is 0 Å². The minimum atomic E-state index is -3.48. The van der Waals surface area contributed by atoms with E-state index in [2.05, 4.69) is 24.1 Å². The Bertz CT molecular complexity index is 495. The summed E-state index contributed by atoms with van der Waals surface area (Å²) in [5, 5.41) is 2.85. The quantitative estimate of drug-likeness (QED) is 0.761. The number of hydrogen-bond acceptors (Lipinski definition) is 4. The van der Waals surface area contributed by atoms with E-state index in [0.717, 1.165) is 25.7 Å². The Morgan fingerprint density at radius 1 is 1.20 bits per heavy atom. The molecule has 5 nitrogen and oxygen atoms in total. The Kier molecular flexibility index (Phi) is 6.95. The highest BCUT2D eigenvalue weighted by molar-refractivity contribution is 7.89. The first-order valence-corrected chi connectivity index (χ1v) is 8.64. The van der Waals surface area contributed by atoms with Crippen LogP contribution in [0.15, 0.2) is 23.2 Å². The third kappa shape index (κ3) is 4.18. The van der Waals surface area contributed by atoms with Crippen LogP contribution in [0, 0.1) is 0 Å². The van der Waals surface area contributed by atoms with E-state index < -0.39 is 10.0 Å². The van der Waals surface area contributed by atoms with Crippen LogP contribution in [-0.4, -0.2) is 37.8 Å². The number of aromatic nitrogens is 1. The zero-order chi connectivity index (χ0) is 15.0. The van der Waals surface area contributed by atoms with Gasteiger partial charge < -0.3 is 5.32 Å². The van der Waals surface area contributed by atoms with Crippen LogP contribution in [0.3, 0.4) is 0 Å². The summed E-state index contributed by atoms with van der Waals surface area (Å²) in [5.74, 6) is 0.408. The van der Waals surface area contributed by atoms with Gasteiger partial charge in [0.05, 0.1) is 0 Å². The van der Waals surface area contributed by atoms with E-state index in [9.17, 15) is 8.42 Å². The lowest BCUT2D eigenvalue weighted by atomic mass is 10.3. The maximum Gasteiger partial charge on any atom is 0.246 e. The molecule has 0 spiro atoms. The fourth-order valence-corrected chi connectivity index (χ4v) is 3.61. The van der Waals surface area contributed by atoms with E-state index in [1.165, 1.54) is 0 Å². The Morgan fingerprint density at radius 2 is 1.80 bits per heavy atom. The summed E-state index contributed by atoms with van der Waals surface area (Å²) in [7, 11) is -1.80. The molecule has 0 bridgehead atoms. The minimum Gasteiger partial charge on any atom is -0.372 e. The molecule has 20 heavy (non-hydrogen) atoms. The predicted octanol–water partition coefficient (Wildman–Crippen LogP) is 2.71. The molecular weight excluding hydrogens is 274 g/mol. The molecule has 0 unspecified atom stereocenters. The molecule has 1 heterocycles. The molecule has 1 aromatic heterocycles. The summed E-state index contributed by atoms with van der Waals surface area (Å²) in [6, 6.07) is 3.27. The standard InChI is InChI=1S/C14H25N3O2S/c1-4-6-11-17(12-7-5-2)20(18,19)13-9-8-10-16-14(13)15-3/h8-10H,4-7,11-12H2,1-3H3,(H,15,16). The van der Waals surface area contributed by atoms with Crippen LogP contribution in [0.1, 0.15) is 39.5 Å². The molecule has 0 saturated carbocycles. The first-order chi connectivity index (χ1) is 9.57. The van der Waals surface area contributed by atoms with Gasteiger partial charge in [0.15, 0.2) is 0 Å². The second-order valence-electron chi connectivity index (χ2n) is 4.71. The summed E-state index contributed by atoms with van der Waals surface area (Å²) < 4.78 is 27.1. The Hall–Kier alpha value is -1.14. The van der Waals surface area contributed by atoms with Gasteiger partial charge in [-0.1, -0.05) is 26.7 Å². The summed E-state index contributed by atoms with van der Waals surface area (Å²) >= 11 is 0. The minimum absolute atomic E-state index is 0.259. The zero-order valence-electron chi connectivity index (χ0n) is 12.6. The Balaban J connectivity index is 3.07. The third-order valence-electron chi connectivity index (χ3n) is 3.15. The van der Waals surface area contributed by atoms with E-state index >= 15 is 0 Å². The van der Waals surface area contributed by atoms with Crippen LogP contribution >= 0.6 is 0 Å². The van der Waals surface area contributed by atoms with E-state index in [0.29, 0.717) is 18.9 Å². The maximum absolute atomic E-state index is 12.8. The van der Waals surface area contributed by atoms with Gasteiger partial charge in [0.2, 0.25) is 10.0 Å². The van der Waals surface area contributed by atoms with Crippen molar-refractivity contribution in [2.45, 2.75) is 44.4 Å². The zero-order valence-corrected chi connectivity index (χ0v) is 13.4. The molecule has 0 fully saturated rings. The van der Waals surface area contributed by atoms with Crippen LogP contribution < -0.4 is 5.32 Å². The van der Waals surface area contributed by atoms with Gasteiger partial charge in [0.1, 0.15) is 10.7 Å². The lowest BCUT2D eigenvalue weighted by molar-refractivity contribution is 0.395. The van der Waals surface area contributed by atoms with Crippen LogP contribution in [-0.2, 0) is 10.0 Å². The molecule has 0 atom stereocenters. The number of nitrogens with one attached hydrogen (secondary N) is 1. The lowest BCUT2D eigenvalue weighted by Gasteiger charge is -2.22. The second kappa shape index (κ2) is 8.21. The predicted molar refractivity (Wildman–Crippen MR) is 82.4 cm³/mol. The molecule has 0 aliphatic carbocycles. The Labute approximate surface area is 122 Å². The maximum atomic E-state index is 12.8. The van der Waals surface area contributed by atoms with Crippen molar-refractivity contribution in [2.75, 3.05) is 25.5 Å². The van der Waals surface area contributed by atoms with Crippen molar-refractivity contribution in [3.8, 4) is 0 Å². The molecule has 6 heteroatoms. The fraction of sp³-hybridized carbons (Fsp3) is 0.643. The van der Waals surface area contributed by atoms with E-state index in [4.69, 9.17) is 0 Å². The smallest absolute Gasteiger partial charge is 0.246 e. The van der Waals surface area contributed by atoms with Gasteiger partial charge in [-0.25, -0.2) is 13.4 Å². The van der Waals surface area contributed by atoms with Gasteiger partial charge in [-0.3, -0.25) is 0 Å².